The predicted molar refractivity (Wildman–Crippen MR) is 142 cm³/mol. The molecule has 0 aliphatic rings. The number of carbonyl (C=O) groups excluding carboxylic acids is 2. The number of hydrogen-bond acceptors (Lipinski definition) is 4. The van der Waals surface area contributed by atoms with E-state index in [4.69, 9.17) is 11.5 Å². The molecule has 1 amide bonds. The first-order chi connectivity index (χ1) is 16.4. The number of guanidine groups is 1. The van der Waals surface area contributed by atoms with Gasteiger partial charge in [-0.3, -0.25) is 14.6 Å². The summed E-state index contributed by atoms with van der Waals surface area (Å²) in [6, 6.07) is 20.9. The maximum atomic E-state index is 13.0. The van der Waals surface area contributed by atoms with Crippen LogP contribution in [0.5, 0.6) is 0 Å². The second-order valence-electron chi connectivity index (χ2n) is 8.03. The molecule has 1 heterocycles. The molecule has 0 radical (unpaired) electrons. The van der Waals surface area contributed by atoms with Crippen LogP contribution >= 0.6 is 11.3 Å². The summed E-state index contributed by atoms with van der Waals surface area (Å²) in [6.45, 7) is 2.50. The van der Waals surface area contributed by atoms with Crippen LogP contribution in [-0.2, 0) is 4.79 Å². The van der Waals surface area contributed by atoms with E-state index in [-0.39, 0.29) is 24.1 Å². The molecule has 6 nitrogen and oxygen atoms in total. The van der Waals surface area contributed by atoms with Gasteiger partial charge in [-0.1, -0.05) is 48.5 Å². The van der Waals surface area contributed by atoms with Gasteiger partial charge in [-0.25, -0.2) is 0 Å². The lowest BCUT2D eigenvalue weighted by Gasteiger charge is -2.16. The van der Waals surface area contributed by atoms with Crippen LogP contribution in [0.1, 0.15) is 44.9 Å². The number of nitrogens with zero attached hydrogens (tertiary/aromatic N) is 1. The number of aliphatic imine (C=N–C) groups is 1. The van der Waals surface area contributed by atoms with Crippen molar-refractivity contribution in [2.24, 2.45) is 22.4 Å². The van der Waals surface area contributed by atoms with Crippen molar-refractivity contribution in [1.29, 1.82) is 0 Å². The molecule has 3 rings (SSSR count). The number of ketones is 1. The van der Waals surface area contributed by atoms with Crippen LogP contribution in [0.2, 0.25) is 0 Å². The third kappa shape index (κ3) is 8.01. The quantitative estimate of drug-likeness (QED) is 0.155. The zero-order chi connectivity index (χ0) is 24.3. The molecule has 0 saturated heterocycles. The van der Waals surface area contributed by atoms with Gasteiger partial charge in [0.05, 0.1) is 0 Å². The van der Waals surface area contributed by atoms with E-state index in [1.807, 2.05) is 48.5 Å². The van der Waals surface area contributed by atoms with E-state index >= 15 is 0 Å². The zero-order valence-electron chi connectivity index (χ0n) is 19.2. The van der Waals surface area contributed by atoms with E-state index in [9.17, 15) is 9.59 Å². The molecular formula is C27H30N4O2S. The second kappa shape index (κ2) is 12.5. The Labute approximate surface area is 204 Å². The maximum Gasteiger partial charge on any atom is 0.227 e. The van der Waals surface area contributed by atoms with Crippen LogP contribution in [0.15, 0.2) is 71.7 Å². The predicted octanol–water partition coefficient (Wildman–Crippen LogP) is 5.11. The highest BCUT2D eigenvalue weighted by atomic mass is 32.1. The van der Waals surface area contributed by atoms with Crippen LogP contribution < -0.4 is 16.8 Å². The van der Waals surface area contributed by atoms with E-state index in [0.717, 1.165) is 5.56 Å². The van der Waals surface area contributed by atoms with Crippen molar-refractivity contribution in [3.63, 3.8) is 0 Å². The molecule has 1 atom stereocenters. The number of aryl methyl sites for hydroxylation is 1. The fourth-order valence-corrected chi connectivity index (χ4v) is 4.26. The summed E-state index contributed by atoms with van der Waals surface area (Å²) < 4.78 is 0. The summed E-state index contributed by atoms with van der Waals surface area (Å²) >= 11 is 1.74. The average Bonchev–Trinajstić information content (AvgIpc) is 3.25. The van der Waals surface area contributed by atoms with Crippen molar-refractivity contribution >= 4 is 46.8 Å². The Hall–Kier alpha value is -3.71. The summed E-state index contributed by atoms with van der Waals surface area (Å²) in [5.41, 5.74) is 13.1. The molecule has 0 aliphatic heterocycles. The molecule has 7 heteroatoms. The Kier molecular flexibility index (Phi) is 9.17. The highest BCUT2D eigenvalue weighted by molar-refractivity contribution is 7.12. The van der Waals surface area contributed by atoms with Gasteiger partial charge < -0.3 is 16.8 Å². The summed E-state index contributed by atoms with van der Waals surface area (Å²) in [5.74, 6) is -0.716. The Morgan fingerprint density at radius 2 is 1.74 bits per heavy atom. The molecule has 0 unspecified atom stereocenters. The van der Waals surface area contributed by atoms with Gasteiger partial charge in [0, 0.05) is 39.9 Å². The van der Waals surface area contributed by atoms with Crippen molar-refractivity contribution < 1.29 is 9.59 Å². The largest absolute Gasteiger partial charge is 0.370 e. The van der Waals surface area contributed by atoms with Gasteiger partial charge in [0.1, 0.15) is 0 Å². The molecular weight excluding hydrogens is 444 g/mol. The van der Waals surface area contributed by atoms with Crippen LogP contribution in [0.3, 0.4) is 0 Å². The highest BCUT2D eigenvalue weighted by Gasteiger charge is 2.22. The van der Waals surface area contributed by atoms with Gasteiger partial charge >= 0.3 is 0 Å². The molecule has 0 spiro atoms. The number of thiophene rings is 1. The van der Waals surface area contributed by atoms with Crippen molar-refractivity contribution in [1.82, 2.24) is 0 Å². The van der Waals surface area contributed by atoms with Crippen LogP contribution in [0.4, 0.5) is 5.69 Å². The van der Waals surface area contributed by atoms with Crippen molar-refractivity contribution in [3.8, 4) is 0 Å². The van der Waals surface area contributed by atoms with Gasteiger partial charge in [0.2, 0.25) is 5.91 Å². The lowest BCUT2D eigenvalue weighted by atomic mass is 9.93. The smallest absolute Gasteiger partial charge is 0.227 e. The number of nitrogens with two attached hydrogens (primary N) is 2. The fraction of sp³-hybridized carbons (Fsp3) is 0.222. The Morgan fingerprint density at radius 1 is 1.00 bits per heavy atom. The second-order valence-corrected chi connectivity index (χ2v) is 9.35. The molecule has 0 bridgehead atoms. The third-order valence-corrected chi connectivity index (χ3v) is 6.25. The maximum absolute atomic E-state index is 13.0. The van der Waals surface area contributed by atoms with Crippen molar-refractivity contribution in [3.05, 3.63) is 87.6 Å². The SMILES string of the molecule is Cc1ccc(/C=C/c2ccc(NC(=O)[C@H](CCCN=C(N)N)CC(=O)c3ccccc3)cc2)s1. The number of amides is 1. The molecule has 0 saturated carbocycles. The van der Waals surface area contributed by atoms with E-state index in [0.29, 0.717) is 30.6 Å². The number of hydrogen-bond donors (Lipinski definition) is 3. The molecule has 3 aromatic rings. The van der Waals surface area contributed by atoms with Gasteiger partial charge in [-0.15, -0.1) is 11.3 Å². The first-order valence-corrected chi connectivity index (χ1v) is 12.0. The monoisotopic (exact) mass is 474 g/mol. The standard InChI is InChI=1S/C27H30N4O2S/c1-19-9-15-24(34-19)16-12-20-10-13-23(14-11-20)31-26(33)22(8-5-17-30-27(28)29)18-25(32)21-6-3-2-4-7-21/h2-4,6-7,9-16,22H,5,8,17-18H2,1H3,(H,31,33)(H4,28,29,30)/b16-12+/t22-/m1/s1. The Morgan fingerprint density at radius 3 is 2.38 bits per heavy atom. The molecule has 5 N–H and O–H groups in total. The fourth-order valence-electron chi connectivity index (χ4n) is 3.48. The molecule has 2 aromatic carbocycles. The normalized spacial score (nSPS) is 11.8. The van der Waals surface area contributed by atoms with Crippen LogP contribution in [-0.4, -0.2) is 24.2 Å². The summed E-state index contributed by atoms with van der Waals surface area (Å²) in [6.07, 6.45) is 5.35. The van der Waals surface area contributed by atoms with E-state index in [1.165, 1.54) is 9.75 Å². The van der Waals surface area contributed by atoms with Crippen LogP contribution in [0.25, 0.3) is 12.2 Å². The number of nitrogens with one attached hydrogen (secondary N) is 1. The van der Waals surface area contributed by atoms with Crippen LogP contribution in [0, 0.1) is 12.8 Å². The first-order valence-electron chi connectivity index (χ1n) is 11.2. The summed E-state index contributed by atoms with van der Waals surface area (Å²) in [7, 11) is 0. The van der Waals surface area contributed by atoms with Gasteiger partial charge in [0.15, 0.2) is 11.7 Å². The van der Waals surface area contributed by atoms with Crippen molar-refractivity contribution in [2.45, 2.75) is 26.2 Å². The highest BCUT2D eigenvalue weighted by Crippen LogP contribution is 2.21. The average molecular weight is 475 g/mol. The summed E-state index contributed by atoms with van der Waals surface area (Å²) in [4.78, 5) is 32.2. The molecule has 34 heavy (non-hydrogen) atoms. The number of carbonyl (C=O) groups is 2. The number of benzene rings is 2. The van der Waals surface area contributed by atoms with E-state index in [2.05, 4.69) is 35.4 Å². The molecule has 1 aromatic heterocycles. The van der Waals surface area contributed by atoms with Gasteiger partial charge in [-0.05, 0) is 55.7 Å². The molecule has 176 valence electrons. The Bertz CT molecular complexity index is 1150. The lowest BCUT2D eigenvalue weighted by molar-refractivity contribution is -0.120. The number of anilines is 1. The first kappa shape index (κ1) is 24.9. The topological polar surface area (TPSA) is 111 Å². The lowest BCUT2D eigenvalue weighted by Crippen LogP contribution is -2.26. The minimum atomic E-state index is -0.483. The number of rotatable bonds is 11. The minimum absolute atomic E-state index is 0.0183. The van der Waals surface area contributed by atoms with Gasteiger partial charge in [-0.2, -0.15) is 0 Å². The third-order valence-electron chi connectivity index (χ3n) is 5.28. The molecule has 0 aliphatic carbocycles. The van der Waals surface area contributed by atoms with Gasteiger partial charge in [0.25, 0.3) is 0 Å². The van der Waals surface area contributed by atoms with E-state index in [1.54, 1.807) is 23.5 Å². The van der Waals surface area contributed by atoms with Crippen molar-refractivity contribution in [2.75, 3.05) is 11.9 Å². The minimum Gasteiger partial charge on any atom is -0.370 e. The molecule has 0 fully saturated rings. The number of Topliss-reactive ketones (excluding diaryl/α,β-unsaturated/α-hetero) is 1. The zero-order valence-corrected chi connectivity index (χ0v) is 20.1. The summed E-state index contributed by atoms with van der Waals surface area (Å²) in [5, 5.41) is 2.95. The Balaban J connectivity index is 1.63. The van der Waals surface area contributed by atoms with E-state index < -0.39 is 5.92 Å².